The van der Waals surface area contributed by atoms with Gasteiger partial charge in [-0.05, 0) is 54.6 Å². The minimum atomic E-state index is -4.17. The fourth-order valence-electron chi connectivity index (χ4n) is 3.94. The topological polar surface area (TPSA) is 135 Å². The van der Waals surface area contributed by atoms with E-state index in [1.807, 2.05) is 42.5 Å². The lowest BCUT2D eigenvalue weighted by Crippen LogP contribution is -2.45. The summed E-state index contributed by atoms with van der Waals surface area (Å²) in [6.45, 7) is 0.0947. The average molecular weight is 590 g/mol. The predicted octanol–water partition coefficient (Wildman–Crippen LogP) is 3.31. The fraction of sp³-hybridized carbons (Fsp3) is 0.192. The van der Waals surface area contributed by atoms with Gasteiger partial charge in [0.2, 0.25) is 5.96 Å². The average Bonchev–Trinajstić information content (AvgIpc) is 3.37. The van der Waals surface area contributed by atoms with Gasteiger partial charge in [-0.25, -0.2) is 27.9 Å². The lowest BCUT2D eigenvalue weighted by atomic mass is 9.91. The number of carbonyl (C=O) groups is 1. The molecule has 10 nitrogen and oxygen atoms in total. The summed E-state index contributed by atoms with van der Waals surface area (Å²) in [6.07, 6.45) is 0. The summed E-state index contributed by atoms with van der Waals surface area (Å²) in [4.78, 5) is 16.2. The van der Waals surface area contributed by atoms with E-state index < -0.39 is 22.0 Å². The second-order valence-corrected chi connectivity index (χ2v) is 11.1. The Balaban J connectivity index is 1.79. The van der Waals surface area contributed by atoms with Crippen LogP contribution in [0.4, 0.5) is 0 Å². The number of carboxylic acid groups (broad SMARTS) is 1. The molecular weight excluding hydrogens is 563 g/mol. The molecule has 2 atom stereocenters. The number of hydrazine groups is 1. The van der Waals surface area contributed by atoms with Crippen molar-refractivity contribution in [2.75, 3.05) is 20.1 Å². The molecule has 0 spiro atoms. The highest BCUT2D eigenvalue weighted by Crippen LogP contribution is 2.30. The van der Waals surface area contributed by atoms with Gasteiger partial charge < -0.3 is 5.11 Å². The van der Waals surface area contributed by atoms with Gasteiger partial charge in [0, 0.05) is 22.5 Å². The van der Waals surface area contributed by atoms with Crippen molar-refractivity contribution < 1.29 is 18.3 Å². The number of hydrogen-bond acceptors (Lipinski definition) is 7. The van der Waals surface area contributed by atoms with Gasteiger partial charge in [-0.3, -0.25) is 10.9 Å². The maximum absolute atomic E-state index is 13.3. The Kier molecular flexibility index (Phi) is 9.20. The highest BCUT2D eigenvalue weighted by Gasteiger charge is 2.34. The zero-order valence-corrected chi connectivity index (χ0v) is 23.1. The summed E-state index contributed by atoms with van der Waals surface area (Å²) in [6, 6.07) is 21.0. The van der Waals surface area contributed by atoms with Crippen LogP contribution < -0.4 is 15.6 Å². The number of guanidine groups is 1. The van der Waals surface area contributed by atoms with E-state index in [-0.39, 0.29) is 29.9 Å². The molecule has 4 N–H and O–H groups in total. The number of nitrogens with zero attached hydrogens (tertiary/aromatic N) is 3. The quantitative estimate of drug-likeness (QED) is 0.171. The third-order valence-electron chi connectivity index (χ3n) is 5.89. The van der Waals surface area contributed by atoms with E-state index in [2.05, 4.69) is 20.6 Å². The summed E-state index contributed by atoms with van der Waals surface area (Å²) < 4.78 is 29.1. The smallest absolute Gasteiger partial charge is 0.329 e. The number of hydrogen-bond donors (Lipinski definition) is 4. The Morgan fingerprint density at radius 3 is 2.26 bits per heavy atom. The van der Waals surface area contributed by atoms with Gasteiger partial charge in [0.15, 0.2) is 6.04 Å². The number of halogens is 2. The van der Waals surface area contributed by atoms with Gasteiger partial charge in [0.1, 0.15) is 0 Å². The van der Waals surface area contributed by atoms with Crippen LogP contribution in [0.5, 0.6) is 0 Å². The highest BCUT2D eigenvalue weighted by molar-refractivity contribution is 7.90. The Morgan fingerprint density at radius 2 is 1.67 bits per heavy atom. The molecule has 0 aromatic heterocycles. The molecule has 1 heterocycles. The summed E-state index contributed by atoms with van der Waals surface area (Å²) in [7, 11) is -2.59. The summed E-state index contributed by atoms with van der Waals surface area (Å²) in [5.74, 6) is -1.75. The first-order valence-electron chi connectivity index (χ1n) is 11.8. The maximum atomic E-state index is 13.3. The van der Waals surface area contributed by atoms with Gasteiger partial charge in [0.05, 0.1) is 17.2 Å². The van der Waals surface area contributed by atoms with Crippen LogP contribution >= 0.6 is 23.2 Å². The zero-order chi connectivity index (χ0) is 28.0. The molecule has 1 aliphatic rings. The highest BCUT2D eigenvalue weighted by atomic mass is 35.5. The summed E-state index contributed by atoms with van der Waals surface area (Å²) >= 11 is 12.0. The van der Waals surface area contributed by atoms with Crippen LogP contribution in [-0.2, 0) is 14.8 Å². The van der Waals surface area contributed by atoms with Crippen LogP contribution in [0.15, 0.2) is 93.9 Å². The van der Waals surface area contributed by atoms with Crippen molar-refractivity contribution in [2.24, 2.45) is 10.1 Å². The van der Waals surface area contributed by atoms with Crippen LogP contribution in [0.3, 0.4) is 0 Å². The van der Waals surface area contributed by atoms with Gasteiger partial charge in [0.25, 0.3) is 10.0 Å². The Labute approximate surface area is 236 Å². The zero-order valence-electron chi connectivity index (χ0n) is 20.8. The molecule has 0 aliphatic carbocycles. The molecule has 0 saturated carbocycles. The van der Waals surface area contributed by atoms with E-state index in [1.165, 1.54) is 29.3 Å². The van der Waals surface area contributed by atoms with Crippen molar-refractivity contribution in [2.45, 2.75) is 16.9 Å². The first-order chi connectivity index (χ1) is 18.7. The molecule has 204 valence electrons. The van der Waals surface area contributed by atoms with Crippen LogP contribution in [0.1, 0.15) is 17.0 Å². The van der Waals surface area contributed by atoms with Crippen molar-refractivity contribution in [1.82, 2.24) is 20.6 Å². The van der Waals surface area contributed by atoms with Crippen molar-refractivity contribution >= 4 is 50.9 Å². The van der Waals surface area contributed by atoms with Crippen LogP contribution in [0, 0.1) is 0 Å². The molecule has 3 aromatic rings. The number of aliphatic carboxylic acids is 1. The van der Waals surface area contributed by atoms with Crippen molar-refractivity contribution in [3.8, 4) is 0 Å². The lowest BCUT2D eigenvalue weighted by Gasteiger charge is -2.21. The number of hydrazone groups is 1. The third-order valence-corrected chi connectivity index (χ3v) is 7.73. The van der Waals surface area contributed by atoms with E-state index in [9.17, 15) is 18.3 Å². The normalized spacial score (nSPS) is 16.6. The minimum Gasteiger partial charge on any atom is -0.480 e. The minimum absolute atomic E-state index is 0.0689. The van der Waals surface area contributed by atoms with Crippen LogP contribution in [0.2, 0.25) is 10.0 Å². The number of nitrogens with one attached hydrogen (secondary N) is 3. The monoisotopic (exact) mass is 588 g/mol. The third kappa shape index (κ3) is 7.14. The lowest BCUT2D eigenvalue weighted by molar-refractivity contribution is -0.138. The molecule has 3 aromatic carbocycles. The van der Waals surface area contributed by atoms with Crippen molar-refractivity contribution in [3.05, 3.63) is 100 Å². The molecule has 4 rings (SSSR count). The first-order valence-corrected chi connectivity index (χ1v) is 14.1. The van der Waals surface area contributed by atoms with E-state index in [0.29, 0.717) is 15.8 Å². The second-order valence-electron chi connectivity index (χ2n) is 8.53. The molecule has 1 aliphatic heterocycles. The Hall–Kier alpha value is -3.48. The van der Waals surface area contributed by atoms with Crippen molar-refractivity contribution in [1.29, 1.82) is 0 Å². The predicted molar refractivity (Wildman–Crippen MR) is 152 cm³/mol. The molecular formula is C26H26Cl2N6O4S. The van der Waals surface area contributed by atoms with E-state index in [1.54, 1.807) is 19.2 Å². The number of rotatable bonds is 9. The first kappa shape index (κ1) is 28.5. The molecule has 0 fully saturated rings. The molecule has 2 unspecified atom stereocenters. The number of sulfonamides is 1. The maximum Gasteiger partial charge on any atom is 0.329 e. The summed E-state index contributed by atoms with van der Waals surface area (Å²) in [5.41, 5.74) is 7.73. The summed E-state index contributed by atoms with van der Waals surface area (Å²) in [5, 5.41) is 16.8. The van der Waals surface area contributed by atoms with E-state index in [0.717, 1.165) is 11.1 Å². The molecule has 39 heavy (non-hydrogen) atoms. The Bertz CT molecular complexity index is 1470. The van der Waals surface area contributed by atoms with Crippen LogP contribution in [0.25, 0.3) is 0 Å². The molecule has 0 amide bonds. The largest absolute Gasteiger partial charge is 0.480 e. The van der Waals surface area contributed by atoms with Gasteiger partial charge >= 0.3 is 5.97 Å². The number of carboxylic acids is 1. The fourth-order valence-corrected chi connectivity index (χ4v) is 5.20. The van der Waals surface area contributed by atoms with Gasteiger partial charge in [-0.1, -0.05) is 65.7 Å². The molecule has 13 heteroatoms. The van der Waals surface area contributed by atoms with Crippen molar-refractivity contribution in [3.63, 3.8) is 0 Å². The SMILES string of the molecule is CNNCC(N=C(NS(=O)(=O)c1ccc(Cl)cc1)N1CC(c2ccccc2)C(c2ccc(Cl)cc2)=N1)C(=O)O. The van der Waals surface area contributed by atoms with Gasteiger partial charge in [-0.2, -0.15) is 5.10 Å². The second kappa shape index (κ2) is 12.6. The standard InChI is InChI=1S/C26H26Cl2N6O4S/c1-29-30-15-23(25(35)36)31-26(33-39(37,38)21-13-11-20(28)12-14-21)34-16-22(17-5-3-2-4-6-17)24(32-34)18-7-9-19(27)10-8-18/h2-14,22-23,29-30H,15-16H2,1H3,(H,31,33)(H,35,36). The number of benzene rings is 3. The van der Waals surface area contributed by atoms with E-state index in [4.69, 9.17) is 28.3 Å². The molecule has 0 saturated heterocycles. The van der Waals surface area contributed by atoms with Gasteiger partial charge in [-0.15, -0.1) is 0 Å². The molecule has 0 radical (unpaired) electrons. The Morgan fingerprint density at radius 1 is 1.05 bits per heavy atom. The molecule has 0 bridgehead atoms. The number of aliphatic imine (C=N–C) groups is 1. The van der Waals surface area contributed by atoms with E-state index >= 15 is 0 Å². The van der Waals surface area contributed by atoms with Crippen LogP contribution in [-0.4, -0.2) is 62.4 Å².